The number of nitrogens with two attached hydrogens (primary N) is 2. The molecule has 2 aromatic rings. The molecule has 0 heterocycles. The van der Waals surface area contributed by atoms with Gasteiger partial charge in [0.15, 0.2) is 5.78 Å². The zero-order chi connectivity index (χ0) is 14.5. The van der Waals surface area contributed by atoms with E-state index in [4.69, 9.17) is 11.5 Å². The molecule has 0 fully saturated rings. The topological polar surface area (TPSA) is 89.3 Å². The van der Waals surface area contributed by atoms with Gasteiger partial charge in [-0.2, -0.15) is 0 Å². The van der Waals surface area contributed by atoms with E-state index < -0.39 is 6.10 Å². The van der Waals surface area contributed by atoms with E-state index in [1.54, 1.807) is 36.4 Å². The smallest absolute Gasteiger partial charge is 0.195 e. The minimum absolute atomic E-state index is 0.325. The van der Waals surface area contributed by atoms with Crippen LogP contribution in [0.1, 0.15) is 33.2 Å². The molecule has 1 atom stereocenters. The summed E-state index contributed by atoms with van der Waals surface area (Å²) in [6.07, 6.45) is -1.16. The van der Waals surface area contributed by atoms with Crippen LogP contribution in [0.25, 0.3) is 0 Å². The molecule has 5 N–H and O–H groups in total. The van der Waals surface area contributed by atoms with Crippen molar-refractivity contribution in [2.24, 2.45) is 11.5 Å². The second-order valence-corrected chi connectivity index (χ2v) is 4.61. The average Bonchev–Trinajstić information content (AvgIpc) is 2.53. The number of Topliss-reactive ketones (excluding diaryl/α,β-unsaturated/α-hetero) is 1. The fourth-order valence-corrected chi connectivity index (χ4v) is 1.95. The number of aliphatic hydroxyl groups excluding tert-OH is 1. The van der Waals surface area contributed by atoms with E-state index in [1.165, 1.54) is 0 Å². The molecule has 0 aliphatic heterocycles. The molecular formula is C16H18N2O2. The molecule has 20 heavy (non-hydrogen) atoms. The molecule has 0 spiro atoms. The highest BCUT2D eigenvalue weighted by atomic mass is 16.3. The second-order valence-electron chi connectivity index (χ2n) is 4.61. The Kier molecular flexibility index (Phi) is 4.63. The largest absolute Gasteiger partial charge is 0.380 e. The zero-order valence-corrected chi connectivity index (χ0v) is 11.1. The van der Waals surface area contributed by atoms with Crippen molar-refractivity contribution in [1.82, 2.24) is 0 Å². The van der Waals surface area contributed by atoms with Crippen molar-refractivity contribution < 1.29 is 9.90 Å². The molecule has 4 heteroatoms. The molecule has 0 radical (unpaired) electrons. The predicted octanol–water partition coefficient (Wildman–Crippen LogP) is 1.52. The van der Waals surface area contributed by atoms with Crippen LogP contribution in [0.5, 0.6) is 0 Å². The number of ketones is 1. The highest BCUT2D eigenvalue weighted by Crippen LogP contribution is 2.19. The van der Waals surface area contributed by atoms with Crippen LogP contribution in [0.15, 0.2) is 48.5 Å². The summed E-state index contributed by atoms with van der Waals surface area (Å²) in [5.41, 5.74) is 14.0. The van der Waals surface area contributed by atoms with Crippen LogP contribution in [0, 0.1) is 0 Å². The standard InChI is InChI=1S/C16H18N2O2/c17-9-11-1-5-13(6-2-11)15(19)16(20)14-7-3-12(10-18)4-8-14/h1-8,15,19H,9-10,17-18H2. The van der Waals surface area contributed by atoms with Gasteiger partial charge in [-0.3, -0.25) is 4.79 Å². The minimum Gasteiger partial charge on any atom is -0.380 e. The zero-order valence-electron chi connectivity index (χ0n) is 11.1. The SMILES string of the molecule is NCc1ccc(C(=O)C(O)c2ccc(CN)cc2)cc1. The molecule has 2 aromatic carbocycles. The lowest BCUT2D eigenvalue weighted by atomic mass is 9.98. The minimum atomic E-state index is -1.16. The van der Waals surface area contributed by atoms with Gasteiger partial charge in [0, 0.05) is 18.7 Å². The van der Waals surface area contributed by atoms with E-state index in [0.717, 1.165) is 11.1 Å². The number of carbonyl (C=O) groups is 1. The maximum Gasteiger partial charge on any atom is 0.195 e. The Morgan fingerprint density at radius 3 is 1.80 bits per heavy atom. The predicted molar refractivity (Wildman–Crippen MR) is 78.0 cm³/mol. The van der Waals surface area contributed by atoms with Gasteiger partial charge in [-0.1, -0.05) is 48.5 Å². The van der Waals surface area contributed by atoms with Crippen LogP contribution in [-0.2, 0) is 13.1 Å². The highest BCUT2D eigenvalue weighted by Gasteiger charge is 2.18. The lowest BCUT2D eigenvalue weighted by Crippen LogP contribution is -2.12. The van der Waals surface area contributed by atoms with Crippen LogP contribution in [0.3, 0.4) is 0 Å². The average molecular weight is 270 g/mol. The van der Waals surface area contributed by atoms with Crippen LogP contribution < -0.4 is 11.5 Å². The highest BCUT2D eigenvalue weighted by molar-refractivity contribution is 5.99. The Labute approximate surface area is 118 Å². The molecule has 1 unspecified atom stereocenters. The van der Waals surface area contributed by atoms with Gasteiger partial charge in [0.2, 0.25) is 0 Å². The van der Waals surface area contributed by atoms with Crippen molar-refractivity contribution in [2.75, 3.05) is 0 Å². The molecule has 104 valence electrons. The number of hydrogen-bond donors (Lipinski definition) is 3. The summed E-state index contributed by atoms with van der Waals surface area (Å²) in [4.78, 5) is 12.2. The fourth-order valence-electron chi connectivity index (χ4n) is 1.95. The number of rotatable bonds is 5. The third-order valence-corrected chi connectivity index (χ3v) is 3.25. The molecule has 0 aliphatic rings. The van der Waals surface area contributed by atoms with Crippen LogP contribution in [0.4, 0.5) is 0 Å². The summed E-state index contributed by atoms with van der Waals surface area (Å²) in [6.45, 7) is 0.864. The first-order valence-electron chi connectivity index (χ1n) is 6.46. The Morgan fingerprint density at radius 2 is 1.35 bits per heavy atom. The van der Waals surface area contributed by atoms with Crippen molar-refractivity contribution in [3.8, 4) is 0 Å². The maximum absolute atomic E-state index is 12.2. The van der Waals surface area contributed by atoms with Crippen molar-refractivity contribution in [3.05, 3.63) is 70.8 Å². The molecule has 2 rings (SSSR count). The number of aliphatic hydroxyl groups is 1. The monoisotopic (exact) mass is 270 g/mol. The van der Waals surface area contributed by atoms with Gasteiger partial charge in [0.1, 0.15) is 6.10 Å². The van der Waals surface area contributed by atoms with Gasteiger partial charge < -0.3 is 16.6 Å². The van der Waals surface area contributed by atoms with Crippen molar-refractivity contribution in [2.45, 2.75) is 19.2 Å². The summed E-state index contributed by atoms with van der Waals surface area (Å²) < 4.78 is 0. The molecule has 4 nitrogen and oxygen atoms in total. The molecular weight excluding hydrogens is 252 g/mol. The van der Waals surface area contributed by atoms with Gasteiger partial charge in [-0.05, 0) is 16.7 Å². The third kappa shape index (κ3) is 3.11. The van der Waals surface area contributed by atoms with Crippen molar-refractivity contribution in [3.63, 3.8) is 0 Å². The summed E-state index contributed by atoms with van der Waals surface area (Å²) in [6, 6.07) is 14.0. The summed E-state index contributed by atoms with van der Waals surface area (Å²) >= 11 is 0. The van der Waals surface area contributed by atoms with E-state index in [2.05, 4.69) is 0 Å². The van der Waals surface area contributed by atoms with E-state index in [-0.39, 0.29) is 5.78 Å². The number of benzene rings is 2. The molecule has 0 aromatic heterocycles. The first-order valence-corrected chi connectivity index (χ1v) is 6.46. The van der Waals surface area contributed by atoms with Gasteiger partial charge in [0.05, 0.1) is 0 Å². The van der Waals surface area contributed by atoms with Gasteiger partial charge in [0.25, 0.3) is 0 Å². The van der Waals surface area contributed by atoms with Crippen LogP contribution in [-0.4, -0.2) is 10.9 Å². The molecule has 0 saturated heterocycles. The van der Waals surface area contributed by atoms with Gasteiger partial charge in [-0.15, -0.1) is 0 Å². The molecule has 0 saturated carbocycles. The third-order valence-electron chi connectivity index (χ3n) is 3.25. The fraction of sp³-hybridized carbons (Fsp3) is 0.188. The van der Waals surface area contributed by atoms with Crippen LogP contribution >= 0.6 is 0 Å². The lowest BCUT2D eigenvalue weighted by molar-refractivity contribution is 0.0747. The summed E-state index contributed by atoms with van der Waals surface area (Å²) in [5, 5.41) is 10.1. The summed E-state index contributed by atoms with van der Waals surface area (Å²) in [7, 11) is 0. The maximum atomic E-state index is 12.2. The van der Waals surface area contributed by atoms with Crippen LogP contribution in [0.2, 0.25) is 0 Å². The summed E-state index contributed by atoms with van der Waals surface area (Å²) in [5.74, 6) is -0.325. The van der Waals surface area contributed by atoms with Crippen molar-refractivity contribution >= 4 is 5.78 Å². The molecule has 0 amide bonds. The first-order chi connectivity index (χ1) is 9.65. The Balaban J connectivity index is 2.17. The Morgan fingerprint density at radius 1 is 0.900 bits per heavy atom. The lowest BCUT2D eigenvalue weighted by Gasteiger charge is -2.11. The molecule has 0 aliphatic carbocycles. The number of hydrogen-bond acceptors (Lipinski definition) is 4. The normalized spacial score (nSPS) is 12.2. The quantitative estimate of drug-likeness (QED) is 0.719. The number of carbonyl (C=O) groups excluding carboxylic acids is 1. The van der Waals surface area contributed by atoms with E-state index in [9.17, 15) is 9.90 Å². The van der Waals surface area contributed by atoms with E-state index in [1.807, 2.05) is 12.1 Å². The van der Waals surface area contributed by atoms with E-state index >= 15 is 0 Å². The Hall–Kier alpha value is -2.01. The van der Waals surface area contributed by atoms with E-state index in [0.29, 0.717) is 24.2 Å². The first kappa shape index (κ1) is 14.4. The van der Waals surface area contributed by atoms with Gasteiger partial charge in [-0.25, -0.2) is 0 Å². The van der Waals surface area contributed by atoms with Crippen molar-refractivity contribution in [1.29, 1.82) is 0 Å². The Bertz CT molecular complexity index is 576. The second kappa shape index (κ2) is 6.43. The molecule has 0 bridgehead atoms. The van der Waals surface area contributed by atoms with Gasteiger partial charge >= 0.3 is 0 Å².